The minimum absolute atomic E-state index is 0.292. The second-order valence-corrected chi connectivity index (χ2v) is 8.22. The zero-order valence-electron chi connectivity index (χ0n) is 18.5. The summed E-state index contributed by atoms with van der Waals surface area (Å²) in [5, 5.41) is 3.81. The van der Waals surface area contributed by atoms with Crippen LogP contribution in [0.1, 0.15) is 49.6 Å². The predicted octanol–water partition coefficient (Wildman–Crippen LogP) is 5.78. The summed E-state index contributed by atoms with van der Waals surface area (Å²) in [7, 11) is 0. The van der Waals surface area contributed by atoms with Crippen LogP contribution in [-0.4, -0.2) is 25.7 Å². The van der Waals surface area contributed by atoms with Crippen LogP contribution in [0, 0.1) is 0 Å². The van der Waals surface area contributed by atoms with E-state index in [-0.39, 0.29) is 5.91 Å². The Morgan fingerprint density at radius 3 is 2.58 bits per heavy atom. The van der Waals surface area contributed by atoms with Crippen molar-refractivity contribution in [3.63, 3.8) is 0 Å². The molecule has 3 aromatic rings. The summed E-state index contributed by atoms with van der Waals surface area (Å²) >= 11 is 0. The molecule has 1 aromatic heterocycles. The summed E-state index contributed by atoms with van der Waals surface area (Å²) in [6.45, 7) is 4.74. The van der Waals surface area contributed by atoms with Gasteiger partial charge in [-0.3, -0.25) is 4.79 Å². The van der Waals surface area contributed by atoms with Gasteiger partial charge in [0.05, 0.1) is 23.6 Å². The largest absolute Gasteiger partial charge is 0.490 e. The molecule has 1 amide bonds. The van der Waals surface area contributed by atoms with E-state index in [1.54, 1.807) is 13.0 Å². The third-order valence-electron chi connectivity index (χ3n) is 6.12. The number of ether oxygens (including phenoxy) is 2. The number of carbonyl (C=O) groups excluding carboxylic acids is 1. The van der Waals surface area contributed by atoms with E-state index in [1.165, 1.54) is 6.07 Å². The molecule has 2 aromatic carbocycles. The molecule has 0 aliphatic carbocycles. The molecule has 1 N–H and O–H groups in total. The molecule has 33 heavy (non-hydrogen) atoms. The number of carbonyl (C=O) groups is 1. The Balaban J connectivity index is 1.63. The second-order valence-electron chi connectivity index (χ2n) is 8.22. The van der Waals surface area contributed by atoms with Crippen molar-refractivity contribution in [1.29, 1.82) is 0 Å². The smallest absolute Gasteiger partial charge is 0.416 e. The first kappa shape index (κ1) is 23.2. The highest BCUT2D eigenvalue weighted by Gasteiger charge is 2.43. The van der Waals surface area contributed by atoms with Crippen LogP contribution in [0.5, 0.6) is 5.75 Å². The molecule has 4 rings (SSSR count). The second kappa shape index (κ2) is 9.09. The maximum Gasteiger partial charge on any atom is 0.416 e. The first-order valence-corrected chi connectivity index (χ1v) is 11.0. The molecule has 1 atom stereocenters. The van der Waals surface area contributed by atoms with Gasteiger partial charge in [-0.15, -0.1) is 0 Å². The van der Waals surface area contributed by atoms with Crippen LogP contribution >= 0.6 is 0 Å². The zero-order valence-corrected chi connectivity index (χ0v) is 18.5. The van der Waals surface area contributed by atoms with Gasteiger partial charge in [0.25, 0.3) is 0 Å². The number of amides is 1. The summed E-state index contributed by atoms with van der Waals surface area (Å²) in [5.74, 6) is 0.810. The number of rotatable bonds is 6. The van der Waals surface area contributed by atoms with Crippen LogP contribution in [0.25, 0.3) is 11.0 Å². The fourth-order valence-electron chi connectivity index (χ4n) is 4.30. The molecule has 2 heterocycles. The van der Waals surface area contributed by atoms with Crippen LogP contribution in [0.3, 0.4) is 0 Å². The van der Waals surface area contributed by atoms with E-state index in [1.807, 2.05) is 31.2 Å². The van der Waals surface area contributed by atoms with E-state index in [0.717, 1.165) is 17.5 Å². The van der Waals surface area contributed by atoms with Crippen LogP contribution in [0.2, 0.25) is 0 Å². The first-order chi connectivity index (χ1) is 15.7. The summed E-state index contributed by atoms with van der Waals surface area (Å²) < 4.78 is 57.0. The molecule has 1 unspecified atom stereocenters. The fourth-order valence-corrected chi connectivity index (χ4v) is 4.30. The average Bonchev–Trinajstić information content (AvgIpc) is 3.25. The van der Waals surface area contributed by atoms with Gasteiger partial charge in [-0.2, -0.15) is 13.2 Å². The molecule has 1 aliphatic rings. The maximum absolute atomic E-state index is 13.5. The van der Waals surface area contributed by atoms with Crippen molar-refractivity contribution < 1.29 is 31.9 Å². The Morgan fingerprint density at radius 1 is 1.15 bits per heavy atom. The van der Waals surface area contributed by atoms with E-state index in [4.69, 9.17) is 13.9 Å². The van der Waals surface area contributed by atoms with Crippen molar-refractivity contribution in [2.24, 2.45) is 0 Å². The summed E-state index contributed by atoms with van der Waals surface area (Å²) in [6, 6.07) is 11.9. The number of hydrogen-bond donors (Lipinski definition) is 1. The van der Waals surface area contributed by atoms with Gasteiger partial charge in [0.1, 0.15) is 5.76 Å². The fraction of sp³-hybridized carbons (Fsp3) is 0.400. The lowest BCUT2D eigenvalue weighted by Gasteiger charge is -2.37. The van der Waals surface area contributed by atoms with Crippen molar-refractivity contribution in [2.45, 2.75) is 44.3 Å². The molecule has 176 valence electrons. The predicted molar refractivity (Wildman–Crippen MR) is 117 cm³/mol. The van der Waals surface area contributed by atoms with Gasteiger partial charge in [0.2, 0.25) is 5.91 Å². The van der Waals surface area contributed by atoms with Crippen LogP contribution in [-0.2, 0) is 21.1 Å². The Bertz CT molecular complexity index is 1130. The summed E-state index contributed by atoms with van der Waals surface area (Å²) in [4.78, 5) is 13.5. The highest BCUT2D eigenvalue weighted by molar-refractivity contribution is 5.89. The summed E-state index contributed by atoms with van der Waals surface area (Å²) in [5.41, 5.74) is -0.953. The number of nitrogens with one attached hydrogen (secondary N) is 1. The van der Waals surface area contributed by atoms with Crippen molar-refractivity contribution >= 4 is 16.9 Å². The van der Waals surface area contributed by atoms with Crippen molar-refractivity contribution in [2.75, 3.05) is 19.8 Å². The number of furan rings is 1. The van der Waals surface area contributed by atoms with Crippen molar-refractivity contribution in [3.05, 3.63) is 65.4 Å². The number of hydrogen-bond acceptors (Lipinski definition) is 4. The third-order valence-corrected chi connectivity index (χ3v) is 6.12. The van der Waals surface area contributed by atoms with Gasteiger partial charge in [-0.1, -0.05) is 30.3 Å². The topological polar surface area (TPSA) is 60.7 Å². The van der Waals surface area contributed by atoms with Gasteiger partial charge in [-0.05, 0) is 50.5 Å². The Morgan fingerprint density at radius 2 is 1.88 bits per heavy atom. The van der Waals surface area contributed by atoms with E-state index in [0.29, 0.717) is 55.3 Å². The van der Waals surface area contributed by atoms with Crippen molar-refractivity contribution in [3.8, 4) is 5.75 Å². The molecule has 1 fully saturated rings. The van der Waals surface area contributed by atoms with Gasteiger partial charge in [0, 0.05) is 18.6 Å². The monoisotopic (exact) mass is 461 g/mol. The molecule has 0 radical (unpaired) electrons. The SMILES string of the molecule is CCOc1cccc2cc(C(C)NC(=O)C3(c4cccc(C(F)(F)F)c4)CCOCC3)oc12. The van der Waals surface area contributed by atoms with Crippen LogP contribution in [0.15, 0.2) is 52.9 Å². The Labute approximate surface area is 189 Å². The minimum Gasteiger partial charge on any atom is -0.490 e. The summed E-state index contributed by atoms with van der Waals surface area (Å²) in [6.07, 6.45) is -3.90. The molecule has 1 saturated heterocycles. The highest BCUT2D eigenvalue weighted by Crippen LogP contribution is 2.39. The molecule has 0 bridgehead atoms. The van der Waals surface area contributed by atoms with E-state index in [2.05, 4.69) is 5.32 Å². The van der Waals surface area contributed by atoms with Gasteiger partial charge < -0.3 is 19.2 Å². The quantitative estimate of drug-likeness (QED) is 0.506. The maximum atomic E-state index is 13.5. The van der Waals surface area contributed by atoms with Crippen LogP contribution < -0.4 is 10.1 Å². The molecule has 1 aliphatic heterocycles. The number of fused-ring (bicyclic) bond motifs is 1. The molecule has 0 spiro atoms. The lowest BCUT2D eigenvalue weighted by molar-refractivity contribution is -0.138. The Kier molecular flexibility index (Phi) is 6.38. The number of para-hydroxylation sites is 1. The molecular formula is C25H26F3NO4. The third kappa shape index (κ3) is 4.57. The molecule has 0 saturated carbocycles. The number of alkyl halides is 3. The molecule has 8 heteroatoms. The molecular weight excluding hydrogens is 435 g/mol. The minimum atomic E-state index is -4.49. The molecule has 5 nitrogen and oxygen atoms in total. The highest BCUT2D eigenvalue weighted by atomic mass is 19.4. The average molecular weight is 461 g/mol. The Hall–Kier alpha value is -3.00. The standard InChI is InChI=1S/C25H26F3NO4/c1-3-32-20-9-4-6-17-14-21(33-22(17)20)16(2)29-23(30)24(10-12-31-13-11-24)18-7-5-8-19(15-18)25(26,27)28/h4-9,14-16H,3,10-13H2,1-2H3,(H,29,30). The van der Waals surface area contributed by atoms with Gasteiger partial charge >= 0.3 is 6.18 Å². The normalized spacial score (nSPS) is 17.0. The van der Waals surface area contributed by atoms with E-state index in [9.17, 15) is 18.0 Å². The lowest BCUT2D eigenvalue weighted by atomic mass is 9.72. The van der Waals surface area contributed by atoms with Crippen LogP contribution in [0.4, 0.5) is 13.2 Å². The first-order valence-electron chi connectivity index (χ1n) is 11.0. The van der Waals surface area contributed by atoms with Gasteiger partial charge in [-0.25, -0.2) is 0 Å². The number of benzene rings is 2. The number of halogens is 3. The van der Waals surface area contributed by atoms with Crippen molar-refractivity contribution in [1.82, 2.24) is 5.32 Å². The lowest BCUT2D eigenvalue weighted by Crippen LogP contribution is -2.48. The van der Waals surface area contributed by atoms with E-state index < -0.39 is 23.2 Å². The van der Waals surface area contributed by atoms with E-state index >= 15 is 0 Å². The zero-order chi connectivity index (χ0) is 23.6. The van der Waals surface area contributed by atoms with Gasteiger partial charge in [0.15, 0.2) is 11.3 Å².